The molecule has 2 rings (SSSR count). The lowest BCUT2D eigenvalue weighted by Gasteiger charge is -2.24. The summed E-state index contributed by atoms with van der Waals surface area (Å²) in [5.74, 6) is 0.209. The largest absolute Gasteiger partial charge is 0.491 e. The van der Waals surface area contributed by atoms with Crippen LogP contribution in [0, 0.1) is 12.7 Å². The van der Waals surface area contributed by atoms with Gasteiger partial charge in [0.15, 0.2) is 0 Å². The average Bonchev–Trinajstić information content (AvgIpc) is 2.94. The molecule has 0 radical (unpaired) electrons. The zero-order valence-electron chi connectivity index (χ0n) is 14.8. The molecule has 1 fully saturated rings. The lowest BCUT2D eigenvalue weighted by atomic mass is 10.2. The van der Waals surface area contributed by atoms with Crippen LogP contribution in [0.15, 0.2) is 18.2 Å². The first kappa shape index (κ1) is 18.5. The fraction of sp³-hybridized carbons (Fsp3) is 0.611. The molecular weight excluding hydrogens is 313 g/mol. The number of likely N-dealkylation sites (tertiary alicyclic amines) is 1. The Morgan fingerprint density at radius 1 is 1.33 bits per heavy atom. The number of amides is 1. The number of nitrogens with zero attached hydrogens (tertiary/aromatic N) is 1. The molecule has 1 aromatic rings. The summed E-state index contributed by atoms with van der Waals surface area (Å²) in [6, 6.07) is 4.46. The summed E-state index contributed by atoms with van der Waals surface area (Å²) in [7, 11) is 0. The van der Waals surface area contributed by atoms with Crippen LogP contribution in [0.2, 0.25) is 0 Å². The van der Waals surface area contributed by atoms with Crippen molar-refractivity contribution in [3.8, 4) is 5.75 Å². The van der Waals surface area contributed by atoms with E-state index >= 15 is 0 Å². The van der Waals surface area contributed by atoms with Gasteiger partial charge in [0.05, 0.1) is 19.3 Å². The quantitative estimate of drug-likeness (QED) is 0.770. The van der Waals surface area contributed by atoms with Gasteiger partial charge in [-0.3, -0.25) is 0 Å². The van der Waals surface area contributed by atoms with Crippen LogP contribution < -0.4 is 4.74 Å². The summed E-state index contributed by atoms with van der Waals surface area (Å²) in [4.78, 5) is 13.6. The fourth-order valence-corrected chi connectivity index (χ4v) is 2.45. The molecule has 0 saturated carbocycles. The lowest BCUT2D eigenvalue weighted by molar-refractivity contribution is 0.0171. The molecule has 1 saturated heterocycles. The SMILES string of the molecule is Cc1ccc(F)cc1OCCOC1CCN(C(=O)OC(C)(C)C)C1. The Kier molecular flexibility index (Phi) is 6.04. The molecule has 1 aliphatic rings. The van der Waals surface area contributed by atoms with Crippen LogP contribution in [0.5, 0.6) is 5.75 Å². The molecule has 1 unspecified atom stereocenters. The third kappa shape index (κ3) is 5.67. The Morgan fingerprint density at radius 3 is 2.79 bits per heavy atom. The average molecular weight is 339 g/mol. The molecule has 0 aliphatic carbocycles. The summed E-state index contributed by atoms with van der Waals surface area (Å²) in [6.07, 6.45) is 0.452. The second kappa shape index (κ2) is 7.83. The van der Waals surface area contributed by atoms with Crippen molar-refractivity contribution in [1.82, 2.24) is 4.90 Å². The van der Waals surface area contributed by atoms with Gasteiger partial charge in [0.25, 0.3) is 0 Å². The third-order valence-electron chi connectivity index (χ3n) is 3.64. The Balaban J connectivity index is 1.69. The van der Waals surface area contributed by atoms with E-state index in [2.05, 4.69) is 0 Å². The molecule has 0 bridgehead atoms. The van der Waals surface area contributed by atoms with E-state index < -0.39 is 5.60 Å². The molecule has 0 aromatic heterocycles. The maximum Gasteiger partial charge on any atom is 0.410 e. The summed E-state index contributed by atoms with van der Waals surface area (Å²) in [5.41, 5.74) is 0.389. The molecule has 0 spiro atoms. The number of halogens is 1. The highest BCUT2D eigenvalue weighted by Crippen LogP contribution is 2.19. The minimum Gasteiger partial charge on any atom is -0.491 e. The van der Waals surface area contributed by atoms with Crippen molar-refractivity contribution in [2.75, 3.05) is 26.3 Å². The number of hydrogen-bond acceptors (Lipinski definition) is 4. The standard InChI is InChI=1S/C18H26FNO4/c1-13-5-6-14(19)11-16(13)23-10-9-22-15-7-8-20(12-15)17(21)24-18(2,3)4/h5-6,11,15H,7-10,12H2,1-4H3. The van der Waals surface area contributed by atoms with E-state index in [0.717, 1.165) is 12.0 Å². The number of hydrogen-bond donors (Lipinski definition) is 0. The molecule has 6 heteroatoms. The van der Waals surface area contributed by atoms with E-state index in [-0.39, 0.29) is 18.0 Å². The highest BCUT2D eigenvalue weighted by molar-refractivity contribution is 5.68. The van der Waals surface area contributed by atoms with Crippen molar-refractivity contribution in [1.29, 1.82) is 0 Å². The molecule has 1 aliphatic heterocycles. The first-order valence-electron chi connectivity index (χ1n) is 8.23. The third-order valence-corrected chi connectivity index (χ3v) is 3.64. The van der Waals surface area contributed by atoms with Gasteiger partial charge in [0, 0.05) is 12.6 Å². The molecule has 0 N–H and O–H groups in total. The minimum atomic E-state index is -0.493. The Bertz CT molecular complexity index is 571. The number of benzene rings is 1. The summed E-state index contributed by atoms with van der Waals surface area (Å²) < 4.78 is 29.8. The second-order valence-corrected chi connectivity index (χ2v) is 6.97. The van der Waals surface area contributed by atoms with Crippen LogP contribution in [0.3, 0.4) is 0 Å². The molecule has 134 valence electrons. The van der Waals surface area contributed by atoms with Crippen LogP contribution in [0.25, 0.3) is 0 Å². The van der Waals surface area contributed by atoms with Crippen molar-refractivity contribution in [2.45, 2.75) is 45.8 Å². The van der Waals surface area contributed by atoms with Crippen molar-refractivity contribution >= 4 is 6.09 Å². The smallest absolute Gasteiger partial charge is 0.410 e. The molecule has 5 nitrogen and oxygen atoms in total. The highest BCUT2D eigenvalue weighted by Gasteiger charge is 2.30. The van der Waals surface area contributed by atoms with Crippen LogP contribution in [0.1, 0.15) is 32.8 Å². The summed E-state index contributed by atoms with van der Waals surface area (Å²) >= 11 is 0. The number of carbonyl (C=O) groups is 1. The minimum absolute atomic E-state index is 0.0188. The van der Waals surface area contributed by atoms with Gasteiger partial charge < -0.3 is 19.1 Å². The zero-order chi connectivity index (χ0) is 17.7. The predicted molar refractivity (Wildman–Crippen MR) is 88.8 cm³/mol. The molecule has 24 heavy (non-hydrogen) atoms. The number of ether oxygens (including phenoxy) is 3. The first-order valence-corrected chi connectivity index (χ1v) is 8.23. The van der Waals surface area contributed by atoms with E-state index in [1.165, 1.54) is 12.1 Å². The van der Waals surface area contributed by atoms with Gasteiger partial charge in [-0.2, -0.15) is 0 Å². The van der Waals surface area contributed by atoms with Crippen molar-refractivity contribution in [2.24, 2.45) is 0 Å². The second-order valence-electron chi connectivity index (χ2n) is 6.97. The van der Waals surface area contributed by atoms with Gasteiger partial charge in [0.1, 0.15) is 23.8 Å². The van der Waals surface area contributed by atoms with Gasteiger partial charge in [-0.15, -0.1) is 0 Å². The highest BCUT2D eigenvalue weighted by atomic mass is 19.1. The molecule has 1 heterocycles. The lowest BCUT2D eigenvalue weighted by Crippen LogP contribution is -2.36. The summed E-state index contributed by atoms with van der Waals surface area (Å²) in [6.45, 7) is 9.29. The van der Waals surface area contributed by atoms with Crippen molar-refractivity contribution in [3.05, 3.63) is 29.6 Å². The first-order chi connectivity index (χ1) is 11.2. The zero-order valence-corrected chi connectivity index (χ0v) is 14.8. The predicted octanol–water partition coefficient (Wildman–Crippen LogP) is 3.54. The van der Waals surface area contributed by atoms with E-state index in [1.807, 2.05) is 27.7 Å². The Morgan fingerprint density at radius 2 is 2.08 bits per heavy atom. The van der Waals surface area contributed by atoms with Crippen molar-refractivity contribution < 1.29 is 23.4 Å². The van der Waals surface area contributed by atoms with E-state index in [0.29, 0.717) is 32.1 Å². The molecule has 1 atom stereocenters. The van der Waals surface area contributed by atoms with E-state index in [9.17, 15) is 9.18 Å². The fourth-order valence-electron chi connectivity index (χ4n) is 2.45. The van der Waals surface area contributed by atoms with Crippen LogP contribution >= 0.6 is 0 Å². The van der Waals surface area contributed by atoms with E-state index in [1.54, 1.807) is 11.0 Å². The van der Waals surface area contributed by atoms with Gasteiger partial charge in [-0.25, -0.2) is 9.18 Å². The van der Waals surface area contributed by atoms with E-state index in [4.69, 9.17) is 14.2 Å². The van der Waals surface area contributed by atoms with Gasteiger partial charge in [-0.1, -0.05) is 6.07 Å². The Labute approximate surface area is 142 Å². The number of aryl methyl sites for hydroxylation is 1. The molecular formula is C18H26FNO4. The van der Waals surface area contributed by atoms with Gasteiger partial charge >= 0.3 is 6.09 Å². The maximum absolute atomic E-state index is 13.2. The van der Waals surface area contributed by atoms with Crippen molar-refractivity contribution in [3.63, 3.8) is 0 Å². The van der Waals surface area contributed by atoms with Crippen LogP contribution in [0.4, 0.5) is 9.18 Å². The number of carbonyl (C=O) groups excluding carboxylic acids is 1. The number of rotatable bonds is 5. The Hall–Kier alpha value is -1.82. The maximum atomic E-state index is 13.2. The van der Waals surface area contributed by atoms with Crippen LogP contribution in [-0.2, 0) is 9.47 Å². The van der Waals surface area contributed by atoms with Gasteiger partial charge in [-0.05, 0) is 45.7 Å². The monoisotopic (exact) mass is 339 g/mol. The molecule has 1 amide bonds. The van der Waals surface area contributed by atoms with Crippen LogP contribution in [-0.4, -0.2) is 49.0 Å². The normalized spacial score (nSPS) is 17.9. The van der Waals surface area contributed by atoms with Gasteiger partial charge in [0.2, 0.25) is 0 Å². The molecule has 1 aromatic carbocycles. The topological polar surface area (TPSA) is 48.0 Å². The summed E-state index contributed by atoms with van der Waals surface area (Å²) in [5, 5.41) is 0.